The van der Waals surface area contributed by atoms with Crippen LogP contribution in [0.1, 0.15) is 18.5 Å². The Morgan fingerprint density at radius 3 is 2.58 bits per heavy atom. The fraction of sp³-hybridized carbons (Fsp3) is 0.692. The van der Waals surface area contributed by atoms with Crippen LogP contribution < -0.4 is 10.6 Å². The zero-order valence-electron chi connectivity index (χ0n) is 12.1. The molecule has 0 aliphatic carbocycles. The quantitative estimate of drug-likeness (QED) is 0.550. The Bertz CT molecular complexity index is 375. The Kier molecular flexibility index (Phi) is 7.43. The van der Waals surface area contributed by atoms with Crippen molar-refractivity contribution in [3.05, 3.63) is 18.0 Å². The van der Waals surface area contributed by atoms with E-state index in [0.29, 0.717) is 0 Å². The van der Waals surface area contributed by atoms with Gasteiger partial charge >= 0.3 is 0 Å². The van der Waals surface area contributed by atoms with Crippen LogP contribution in [0.2, 0.25) is 0 Å². The molecule has 108 valence electrons. The van der Waals surface area contributed by atoms with E-state index in [1.807, 2.05) is 23.9 Å². The van der Waals surface area contributed by atoms with Gasteiger partial charge in [0, 0.05) is 25.8 Å². The number of aromatic nitrogens is 2. The van der Waals surface area contributed by atoms with Gasteiger partial charge in [0.05, 0.1) is 5.69 Å². The van der Waals surface area contributed by atoms with Gasteiger partial charge in [-0.1, -0.05) is 0 Å². The predicted octanol–water partition coefficient (Wildman–Crippen LogP) is 0.997. The van der Waals surface area contributed by atoms with Crippen molar-refractivity contribution in [2.24, 2.45) is 0 Å². The van der Waals surface area contributed by atoms with E-state index < -0.39 is 0 Å². The molecule has 19 heavy (non-hydrogen) atoms. The van der Waals surface area contributed by atoms with Crippen molar-refractivity contribution >= 4 is 17.3 Å². The summed E-state index contributed by atoms with van der Waals surface area (Å²) < 4.78 is 1.96. The molecule has 0 saturated heterocycles. The normalized spacial score (nSPS) is 10.7. The van der Waals surface area contributed by atoms with Gasteiger partial charge in [-0.05, 0) is 58.7 Å². The summed E-state index contributed by atoms with van der Waals surface area (Å²) in [6.45, 7) is 5.79. The summed E-state index contributed by atoms with van der Waals surface area (Å²) in [5.41, 5.74) is 1.06. The molecule has 1 heterocycles. The fourth-order valence-electron chi connectivity index (χ4n) is 1.69. The summed E-state index contributed by atoms with van der Waals surface area (Å²) in [5.74, 6) is 0. The number of nitrogens with zero attached hydrogens (tertiary/aromatic N) is 3. The van der Waals surface area contributed by atoms with Crippen LogP contribution in [0.15, 0.2) is 12.3 Å². The lowest BCUT2D eigenvalue weighted by Gasteiger charge is -2.12. The molecule has 0 aromatic carbocycles. The lowest BCUT2D eigenvalue weighted by Crippen LogP contribution is -2.37. The summed E-state index contributed by atoms with van der Waals surface area (Å²) in [5, 5.41) is 11.5. The minimum absolute atomic E-state index is 0.746. The standard InChI is InChI=1S/C13H25N5S/c1-12-6-11-18(16-12)10-5-8-15-13(19)14-7-4-9-17(2)3/h6,11H,4-5,7-10H2,1-3H3,(H2,14,15,19). The van der Waals surface area contributed by atoms with Crippen LogP contribution in [0, 0.1) is 6.92 Å². The van der Waals surface area contributed by atoms with Crippen molar-refractivity contribution in [1.82, 2.24) is 25.3 Å². The molecule has 0 spiro atoms. The maximum atomic E-state index is 5.21. The maximum absolute atomic E-state index is 5.21. The molecule has 0 aliphatic rings. The molecule has 0 aliphatic heterocycles. The van der Waals surface area contributed by atoms with Crippen LogP contribution in [0.4, 0.5) is 0 Å². The molecule has 0 radical (unpaired) electrons. The fourth-order valence-corrected chi connectivity index (χ4v) is 1.89. The highest BCUT2D eigenvalue weighted by Crippen LogP contribution is 1.93. The van der Waals surface area contributed by atoms with Gasteiger partial charge in [0.15, 0.2) is 5.11 Å². The molecule has 1 aromatic rings. The number of hydrogen-bond donors (Lipinski definition) is 2. The van der Waals surface area contributed by atoms with E-state index in [4.69, 9.17) is 12.2 Å². The number of aryl methyl sites for hydroxylation is 2. The molecule has 5 nitrogen and oxygen atoms in total. The Hall–Kier alpha value is -1.14. The second-order valence-electron chi connectivity index (χ2n) is 4.91. The third kappa shape index (κ3) is 7.79. The van der Waals surface area contributed by atoms with E-state index in [9.17, 15) is 0 Å². The molecular weight excluding hydrogens is 258 g/mol. The van der Waals surface area contributed by atoms with E-state index in [0.717, 1.165) is 49.8 Å². The monoisotopic (exact) mass is 283 g/mol. The first kappa shape index (κ1) is 15.9. The van der Waals surface area contributed by atoms with E-state index in [-0.39, 0.29) is 0 Å². The van der Waals surface area contributed by atoms with Crippen LogP contribution in [-0.2, 0) is 6.54 Å². The van der Waals surface area contributed by atoms with Crippen molar-refractivity contribution in [1.29, 1.82) is 0 Å². The SMILES string of the molecule is Cc1ccn(CCCNC(=S)NCCCN(C)C)n1. The van der Waals surface area contributed by atoms with Crippen molar-refractivity contribution in [3.63, 3.8) is 0 Å². The van der Waals surface area contributed by atoms with Crippen molar-refractivity contribution in [3.8, 4) is 0 Å². The Balaban J connectivity index is 1.98. The van der Waals surface area contributed by atoms with Gasteiger partial charge in [0.25, 0.3) is 0 Å². The number of thiocarbonyl (C=S) groups is 1. The Labute approximate surface area is 121 Å². The summed E-state index contributed by atoms with van der Waals surface area (Å²) in [4.78, 5) is 2.17. The first-order chi connectivity index (χ1) is 9.08. The molecule has 0 saturated carbocycles. The highest BCUT2D eigenvalue weighted by molar-refractivity contribution is 7.80. The van der Waals surface area contributed by atoms with Crippen molar-refractivity contribution in [2.75, 3.05) is 33.7 Å². The Morgan fingerprint density at radius 1 is 1.32 bits per heavy atom. The predicted molar refractivity (Wildman–Crippen MR) is 83.4 cm³/mol. The number of nitrogens with one attached hydrogen (secondary N) is 2. The van der Waals surface area contributed by atoms with Gasteiger partial charge in [-0.15, -0.1) is 0 Å². The second-order valence-corrected chi connectivity index (χ2v) is 5.32. The lowest BCUT2D eigenvalue weighted by atomic mass is 10.4. The molecule has 0 atom stereocenters. The van der Waals surface area contributed by atoms with E-state index in [2.05, 4.69) is 34.7 Å². The lowest BCUT2D eigenvalue weighted by molar-refractivity contribution is 0.400. The average Bonchev–Trinajstić information content (AvgIpc) is 2.76. The highest BCUT2D eigenvalue weighted by atomic mass is 32.1. The second kappa shape index (κ2) is 8.87. The maximum Gasteiger partial charge on any atom is 0.166 e. The van der Waals surface area contributed by atoms with Gasteiger partial charge in [0.1, 0.15) is 0 Å². The molecule has 6 heteroatoms. The van der Waals surface area contributed by atoms with Crippen LogP contribution in [0.25, 0.3) is 0 Å². The van der Waals surface area contributed by atoms with Crippen LogP contribution >= 0.6 is 12.2 Å². The van der Waals surface area contributed by atoms with Gasteiger partial charge < -0.3 is 15.5 Å². The smallest absolute Gasteiger partial charge is 0.166 e. The van der Waals surface area contributed by atoms with Gasteiger partial charge in [-0.2, -0.15) is 5.10 Å². The first-order valence-electron chi connectivity index (χ1n) is 6.74. The minimum Gasteiger partial charge on any atom is -0.363 e. The summed E-state index contributed by atoms with van der Waals surface area (Å²) in [6, 6.07) is 2.02. The summed E-state index contributed by atoms with van der Waals surface area (Å²) in [6.07, 6.45) is 4.12. The molecule has 0 amide bonds. The third-order valence-electron chi connectivity index (χ3n) is 2.69. The topological polar surface area (TPSA) is 45.1 Å². The van der Waals surface area contributed by atoms with Crippen molar-refractivity contribution in [2.45, 2.75) is 26.3 Å². The zero-order chi connectivity index (χ0) is 14.1. The molecule has 0 fully saturated rings. The first-order valence-corrected chi connectivity index (χ1v) is 7.15. The third-order valence-corrected chi connectivity index (χ3v) is 2.98. The van der Waals surface area contributed by atoms with E-state index in [1.165, 1.54) is 0 Å². The molecular formula is C13H25N5S. The Morgan fingerprint density at radius 2 is 2.00 bits per heavy atom. The van der Waals surface area contributed by atoms with Crippen molar-refractivity contribution < 1.29 is 0 Å². The van der Waals surface area contributed by atoms with Gasteiger partial charge in [0.2, 0.25) is 0 Å². The molecule has 2 N–H and O–H groups in total. The van der Waals surface area contributed by atoms with E-state index >= 15 is 0 Å². The van der Waals surface area contributed by atoms with E-state index in [1.54, 1.807) is 0 Å². The molecule has 1 rings (SSSR count). The molecule has 0 bridgehead atoms. The zero-order valence-corrected chi connectivity index (χ0v) is 13.0. The van der Waals surface area contributed by atoms with Gasteiger partial charge in [-0.25, -0.2) is 0 Å². The minimum atomic E-state index is 0.746. The molecule has 1 aromatic heterocycles. The van der Waals surface area contributed by atoms with Gasteiger partial charge in [-0.3, -0.25) is 4.68 Å². The van der Waals surface area contributed by atoms with Crippen LogP contribution in [-0.4, -0.2) is 53.5 Å². The number of hydrogen-bond acceptors (Lipinski definition) is 3. The van der Waals surface area contributed by atoms with Crippen LogP contribution in [0.3, 0.4) is 0 Å². The van der Waals surface area contributed by atoms with Crippen LogP contribution in [0.5, 0.6) is 0 Å². The summed E-state index contributed by atoms with van der Waals surface area (Å²) in [7, 11) is 4.15. The average molecular weight is 283 g/mol. The molecule has 0 unspecified atom stereocenters. The number of rotatable bonds is 8. The highest BCUT2D eigenvalue weighted by Gasteiger charge is 1.97. The largest absolute Gasteiger partial charge is 0.363 e. The summed E-state index contributed by atoms with van der Waals surface area (Å²) >= 11 is 5.21.